The third-order valence-corrected chi connectivity index (χ3v) is 3.02. The topological polar surface area (TPSA) is 42.0 Å². The Morgan fingerprint density at radius 3 is 2.86 bits per heavy atom. The van der Waals surface area contributed by atoms with Gasteiger partial charge in [-0.25, -0.2) is 4.98 Å². The van der Waals surface area contributed by atoms with Crippen LogP contribution < -0.4 is 5.32 Å². The van der Waals surface area contributed by atoms with Crippen LogP contribution in [0, 0.1) is 12.8 Å². The molecular weight excluding hydrogens is 196 g/mol. The third-order valence-electron chi connectivity index (χ3n) is 2.02. The van der Waals surface area contributed by atoms with Gasteiger partial charge >= 0.3 is 0 Å². The first-order chi connectivity index (χ1) is 6.61. The molecule has 0 aliphatic rings. The van der Waals surface area contributed by atoms with Crippen molar-refractivity contribution in [2.75, 3.05) is 6.54 Å². The normalized spacial score (nSPS) is 10.6. The van der Waals surface area contributed by atoms with E-state index in [0.29, 0.717) is 6.54 Å². The van der Waals surface area contributed by atoms with Crippen LogP contribution in [0.15, 0.2) is 5.51 Å². The highest BCUT2D eigenvalue weighted by molar-refractivity contribution is 7.09. The highest BCUT2D eigenvalue weighted by Gasteiger charge is 2.06. The lowest BCUT2D eigenvalue weighted by Gasteiger charge is -2.06. The van der Waals surface area contributed by atoms with Crippen LogP contribution in [0.5, 0.6) is 0 Å². The summed E-state index contributed by atoms with van der Waals surface area (Å²) in [5.41, 5.74) is 2.92. The molecular formula is C10H16N2OS. The zero-order valence-electron chi connectivity index (χ0n) is 8.83. The van der Waals surface area contributed by atoms with Crippen LogP contribution in [0.25, 0.3) is 0 Å². The van der Waals surface area contributed by atoms with Crippen LogP contribution in [0.3, 0.4) is 0 Å². The van der Waals surface area contributed by atoms with Crippen molar-refractivity contribution >= 4 is 17.2 Å². The van der Waals surface area contributed by atoms with Crippen LogP contribution in [-0.2, 0) is 11.2 Å². The molecule has 0 aliphatic carbocycles. The summed E-state index contributed by atoms with van der Waals surface area (Å²) in [7, 11) is 0. The van der Waals surface area contributed by atoms with E-state index in [1.54, 1.807) is 11.3 Å². The van der Waals surface area contributed by atoms with Crippen LogP contribution in [0.4, 0.5) is 0 Å². The van der Waals surface area contributed by atoms with Gasteiger partial charge in [0.05, 0.1) is 11.2 Å². The summed E-state index contributed by atoms with van der Waals surface area (Å²) in [5.74, 6) is 0.185. The van der Waals surface area contributed by atoms with Gasteiger partial charge < -0.3 is 5.32 Å². The van der Waals surface area contributed by atoms with E-state index in [1.807, 2.05) is 26.3 Å². The van der Waals surface area contributed by atoms with Crippen molar-refractivity contribution in [3.8, 4) is 0 Å². The number of nitrogens with one attached hydrogen (secondary N) is 1. The molecule has 1 amide bonds. The first-order valence-corrected chi connectivity index (χ1v) is 5.66. The number of aryl methyl sites for hydroxylation is 1. The Hall–Kier alpha value is -0.900. The van der Waals surface area contributed by atoms with Crippen molar-refractivity contribution in [3.05, 3.63) is 16.1 Å². The fourth-order valence-corrected chi connectivity index (χ4v) is 1.85. The third kappa shape index (κ3) is 3.10. The van der Waals surface area contributed by atoms with E-state index in [0.717, 1.165) is 12.1 Å². The number of aromatic nitrogens is 1. The minimum Gasteiger partial charge on any atom is -0.356 e. The smallest absolute Gasteiger partial charge is 0.222 e. The average Bonchev–Trinajstić information content (AvgIpc) is 2.51. The van der Waals surface area contributed by atoms with Crippen LogP contribution in [0.2, 0.25) is 0 Å². The van der Waals surface area contributed by atoms with Crippen molar-refractivity contribution in [2.24, 2.45) is 5.92 Å². The van der Waals surface area contributed by atoms with Gasteiger partial charge in [-0.1, -0.05) is 13.8 Å². The number of hydrogen-bond acceptors (Lipinski definition) is 3. The van der Waals surface area contributed by atoms with E-state index in [2.05, 4.69) is 10.3 Å². The first-order valence-electron chi connectivity index (χ1n) is 4.78. The second kappa shape index (κ2) is 5.10. The predicted molar refractivity (Wildman–Crippen MR) is 58.4 cm³/mol. The summed E-state index contributed by atoms with van der Waals surface area (Å²) >= 11 is 1.65. The summed E-state index contributed by atoms with van der Waals surface area (Å²) in [6.45, 7) is 6.50. The molecule has 0 aromatic carbocycles. The largest absolute Gasteiger partial charge is 0.356 e. The summed E-state index contributed by atoms with van der Waals surface area (Å²) < 4.78 is 0. The van der Waals surface area contributed by atoms with Crippen molar-refractivity contribution < 1.29 is 4.79 Å². The molecule has 0 bridgehead atoms. The zero-order chi connectivity index (χ0) is 10.6. The maximum absolute atomic E-state index is 11.2. The quantitative estimate of drug-likeness (QED) is 0.826. The van der Waals surface area contributed by atoms with Crippen LogP contribution in [0.1, 0.15) is 24.4 Å². The fraction of sp³-hybridized carbons (Fsp3) is 0.600. The van der Waals surface area contributed by atoms with Gasteiger partial charge in [-0.3, -0.25) is 4.79 Å². The Balaban J connectivity index is 2.29. The van der Waals surface area contributed by atoms with E-state index in [9.17, 15) is 4.79 Å². The highest BCUT2D eigenvalue weighted by Crippen LogP contribution is 2.11. The Labute approximate surface area is 88.6 Å². The molecule has 0 saturated carbocycles. The van der Waals surface area contributed by atoms with E-state index in [4.69, 9.17) is 0 Å². The molecule has 0 unspecified atom stereocenters. The minimum atomic E-state index is 0.0672. The lowest BCUT2D eigenvalue weighted by atomic mass is 10.2. The molecule has 0 aliphatic heterocycles. The van der Waals surface area contributed by atoms with Gasteiger partial charge in [0.15, 0.2) is 0 Å². The molecule has 0 atom stereocenters. The predicted octanol–water partition coefficient (Wildman–Crippen LogP) is 1.77. The summed E-state index contributed by atoms with van der Waals surface area (Å²) in [4.78, 5) is 16.6. The number of nitrogens with zero attached hydrogens (tertiary/aromatic N) is 1. The molecule has 1 heterocycles. The van der Waals surface area contributed by atoms with Gasteiger partial charge in [-0.2, -0.15) is 0 Å². The minimum absolute atomic E-state index is 0.0672. The van der Waals surface area contributed by atoms with Crippen molar-refractivity contribution in [1.29, 1.82) is 0 Å². The zero-order valence-corrected chi connectivity index (χ0v) is 9.65. The van der Waals surface area contributed by atoms with E-state index >= 15 is 0 Å². The highest BCUT2D eigenvalue weighted by atomic mass is 32.1. The Bertz CT molecular complexity index is 307. The van der Waals surface area contributed by atoms with E-state index in [-0.39, 0.29) is 11.8 Å². The molecule has 0 radical (unpaired) electrons. The summed E-state index contributed by atoms with van der Waals surface area (Å²) in [5, 5.41) is 2.89. The Morgan fingerprint density at radius 2 is 2.36 bits per heavy atom. The van der Waals surface area contributed by atoms with Gasteiger partial charge in [0.1, 0.15) is 0 Å². The average molecular weight is 212 g/mol. The van der Waals surface area contributed by atoms with Gasteiger partial charge in [-0.15, -0.1) is 11.3 Å². The monoisotopic (exact) mass is 212 g/mol. The second-order valence-corrected chi connectivity index (χ2v) is 4.50. The molecule has 78 valence electrons. The van der Waals surface area contributed by atoms with Gasteiger partial charge in [0.25, 0.3) is 0 Å². The lowest BCUT2D eigenvalue weighted by molar-refractivity contribution is -0.123. The molecule has 3 nitrogen and oxygen atoms in total. The van der Waals surface area contributed by atoms with Gasteiger partial charge in [-0.05, 0) is 6.92 Å². The van der Waals surface area contributed by atoms with E-state index < -0.39 is 0 Å². The van der Waals surface area contributed by atoms with Crippen molar-refractivity contribution in [3.63, 3.8) is 0 Å². The van der Waals surface area contributed by atoms with Crippen molar-refractivity contribution in [2.45, 2.75) is 27.2 Å². The van der Waals surface area contributed by atoms with Crippen LogP contribution in [-0.4, -0.2) is 17.4 Å². The number of rotatable bonds is 4. The molecule has 1 aromatic rings. The maximum Gasteiger partial charge on any atom is 0.222 e. The molecule has 0 spiro atoms. The summed E-state index contributed by atoms with van der Waals surface area (Å²) in [6, 6.07) is 0. The number of hydrogen-bond donors (Lipinski definition) is 1. The number of amides is 1. The molecule has 14 heavy (non-hydrogen) atoms. The van der Waals surface area contributed by atoms with Crippen LogP contribution >= 0.6 is 11.3 Å². The van der Waals surface area contributed by atoms with Gasteiger partial charge in [0.2, 0.25) is 5.91 Å². The molecule has 1 N–H and O–H groups in total. The maximum atomic E-state index is 11.2. The van der Waals surface area contributed by atoms with Crippen molar-refractivity contribution in [1.82, 2.24) is 10.3 Å². The van der Waals surface area contributed by atoms with Gasteiger partial charge in [0, 0.05) is 23.8 Å². The molecule has 0 saturated heterocycles. The first kappa shape index (κ1) is 11.2. The second-order valence-electron chi connectivity index (χ2n) is 3.56. The summed E-state index contributed by atoms with van der Waals surface area (Å²) in [6.07, 6.45) is 0.884. The SMILES string of the molecule is Cc1ncsc1CCNC(=O)C(C)C. The standard InChI is InChI=1S/C10H16N2OS/c1-7(2)10(13)11-5-4-9-8(3)12-6-14-9/h6-7H,4-5H2,1-3H3,(H,11,13). The molecule has 4 heteroatoms. The number of carbonyl (C=O) groups is 1. The van der Waals surface area contributed by atoms with E-state index in [1.165, 1.54) is 4.88 Å². The lowest BCUT2D eigenvalue weighted by Crippen LogP contribution is -2.29. The Kier molecular flexibility index (Phi) is 4.07. The molecule has 1 rings (SSSR count). The molecule has 1 aromatic heterocycles. The number of thiazole rings is 1. The fourth-order valence-electron chi connectivity index (χ4n) is 1.07. The molecule has 0 fully saturated rings. The Morgan fingerprint density at radius 1 is 1.64 bits per heavy atom. The number of carbonyl (C=O) groups excluding carboxylic acids is 1.